The van der Waals surface area contributed by atoms with Crippen LogP contribution in [0.4, 0.5) is 11.5 Å². The van der Waals surface area contributed by atoms with Gasteiger partial charge in [-0.05, 0) is 0 Å². The molecule has 0 atom stereocenters. The summed E-state index contributed by atoms with van der Waals surface area (Å²) in [7, 11) is 3.16. The summed E-state index contributed by atoms with van der Waals surface area (Å²) in [4.78, 5) is 19.8. The molecule has 8 heteroatoms. The molecule has 0 unspecified atom stereocenters. The Bertz CT molecular complexity index is 852. The summed E-state index contributed by atoms with van der Waals surface area (Å²) in [6.07, 6.45) is 4.65. The van der Waals surface area contributed by atoms with Gasteiger partial charge in [-0.3, -0.25) is 9.20 Å². The zero-order chi connectivity index (χ0) is 16.4. The molecular formula is C15H15N5O3. The van der Waals surface area contributed by atoms with Gasteiger partial charge < -0.3 is 20.5 Å². The van der Waals surface area contributed by atoms with E-state index in [1.54, 1.807) is 49.3 Å². The second-order valence-electron chi connectivity index (χ2n) is 4.75. The van der Waals surface area contributed by atoms with Gasteiger partial charge in [0, 0.05) is 30.1 Å². The Balaban J connectivity index is 1.99. The van der Waals surface area contributed by atoms with Crippen LogP contribution in [0.5, 0.6) is 11.5 Å². The second-order valence-corrected chi connectivity index (χ2v) is 4.75. The first-order chi connectivity index (χ1) is 11.1. The smallest absolute Gasteiger partial charge is 0.254 e. The van der Waals surface area contributed by atoms with Crippen molar-refractivity contribution in [1.82, 2.24) is 14.4 Å². The molecule has 0 aliphatic heterocycles. The van der Waals surface area contributed by atoms with Crippen molar-refractivity contribution in [1.29, 1.82) is 0 Å². The number of primary amides is 1. The van der Waals surface area contributed by atoms with Crippen molar-refractivity contribution in [2.45, 2.75) is 0 Å². The Hall–Kier alpha value is -3.29. The van der Waals surface area contributed by atoms with Gasteiger partial charge in [-0.2, -0.15) is 0 Å². The fourth-order valence-electron chi connectivity index (χ4n) is 2.18. The van der Waals surface area contributed by atoms with E-state index in [1.807, 2.05) is 0 Å². The van der Waals surface area contributed by atoms with Gasteiger partial charge >= 0.3 is 0 Å². The summed E-state index contributed by atoms with van der Waals surface area (Å²) in [6, 6.07) is 5.38. The number of nitrogens with two attached hydrogens (primary N) is 1. The van der Waals surface area contributed by atoms with Crippen molar-refractivity contribution >= 4 is 23.1 Å². The number of nitrogens with zero attached hydrogens (tertiary/aromatic N) is 3. The number of hydrogen-bond acceptors (Lipinski definition) is 6. The van der Waals surface area contributed by atoms with Crippen LogP contribution in [0.25, 0.3) is 5.65 Å². The molecule has 0 spiro atoms. The minimum Gasteiger partial charge on any atom is -0.497 e. The van der Waals surface area contributed by atoms with Gasteiger partial charge in [-0.1, -0.05) is 0 Å². The van der Waals surface area contributed by atoms with Gasteiger partial charge in [-0.25, -0.2) is 9.97 Å². The molecule has 8 nitrogen and oxygen atoms in total. The number of fused-ring (bicyclic) bond motifs is 1. The number of aromatic nitrogens is 3. The minimum atomic E-state index is -0.580. The van der Waals surface area contributed by atoms with Gasteiger partial charge in [-0.15, -0.1) is 0 Å². The molecular weight excluding hydrogens is 298 g/mol. The molecule has 3 N–H and O–H groups in total. The van der Waals surface area contributed by atoms with E-state index in [0.717, 1.165) is 5.69 Å². The maximum Gasteiger partial charge on any atom is 0.254 e. The molecule has 3 rings (SSSR count). The third-order valence-corrected chi connectivity index (χ3v) is 3.26. The summed E-state index contributed by atoms with van der Waals surface area (Å²) in [6.45, 7) is 0. The summed E-state index contributed by atoms with van der Waals surface area (Å²) < 4.78 is 12.1. The lowest BCUT2D eigenvalue weighted by atomic mass is 10.2. The Labute approximate surface area is 131 Å². The van der Waals surface area contributed by atoms with E-state index >= 15 is 0 Å². The van der Waals surface area contributed by atoms with E-state index in [2.05, 4.69) is 15.3 Å². The lowest BCUT2D eigenvalue weighted by Gasteiger charge is -2.08. The molecule has 2 heterocycles. The molecule has 0 fully saturated rings. The summed E-state index contributed by atoms with van der Waals surface area (Å²) in [5.74, 6) is 1.25. The highest BCUT2D eigenvalue weighted by Gasteiger charge is 2.11. The van der Waals surface area contributed by atoms with Crippen LogP contribution in [0.15, 0.2) is 36.9 Å². The number of hydrogen-bond donors (Lipinski definition) is 2. The van der Waals surface area contributed by atoms with E-state index in [0.29, 0.717) is 23.0 Å². The first-order valence-corrected chi connectivity index (χ1v) is 6.73. The van der Waals surface area contributed by atoms with Crippen molar-refractivity contribution in [3.05, 3.63) is 42.5 Å². The molecule has 0 bridgehead atoms. The third kappa shape index (κ3) is 2.86. The Kier molecular flexibility index (Phi) is 3.71. The van der Waals surface area contributed by atoms with Crippen molar-refractivity contribution in [3.63, 3.8) is 0 Å². The molecule has 0 saturated carbocycles. The molecule has 3 aromatic rings. The number of benzene rings is 1. The number of carbonyl (C=O) groups is 1. The lowest BCUT2D eigenvalue weighted by molar-refractivity contribution is 0.100. The standard InChI is InChI=1S/C15H15N5O3/c1-22-10-3-9(4-11(5-10)23-2)18-13-7-20-8-17-6-12(14(16)21)15(20)19-13/h3-8,18H,1-2H3,(H2,16,21). The topological polar surface area (TPSA) is 104 Å². The van der Waals surface area contributed by atoms with Gasteiger partial charge in [0.1, 0.15) is 29.2 Å². The molecule has 118 valence electrons. The number of rotatable bonds is 5. The summed E-state index contributed by atoms with van der Waals surface area (Å²) in [5, 5.41) is 3.14. The summed E-state index contributed by atoms with van der Waals surface area (Å²) in [5.41, 5.74) is 6.75. The average Bonchev–Trinajstić information content (AvgIpc) is 2.96. The Morgan fingerprint density at radius 1 is 1.22 bits per heavy atom. The highest BCUT2D eigenvalue weighted by molar-refractivity contribution is 5.98. The highest BCUT2D eigenvalue weighted by Crippen LogP contribution is 2.28. The molecule has 1 amide bonds. The van der Waals surface area contributed by atoms with Crippen molar-refractivity contribution in [2.75, 3.05) is 19.5 Å². The average molecular weight is 313 g/mol. The van der Waals surface area contributed by atoms with E-state index in [-0.39, 0.29) is 5.56 Å². The number of nitrogens with one attached hydrogen (secondary N) is 1. The predicted molar refractivity (Wildman–Crippen MR) is 84.3 cm³/mol. The van der Waals surface area contributed by atoms with Gasteiger partial charge in [0.15, 0.2) is 5.65 Å². The van der Waals surface area contributed by atoms with E-state index in [4.69, 9.17) is 15.2 Å². The van der Waals surface area contributed by atoms with Gasteiger partial charge in [0.05, 0.1) is 20.4 Å². The Morgan fingerprint density at radius 3 is 2.52 bits per heavy atom. The Morgan fingerprint density at radius 2 is 1.91 bits per heavy atom. The highest BCUT2D eigenvalue weighted by atomic mass is 16.5. The molecule has 1 aromatic carbocycles. The minimum absolute atomic E-state index is 0.253. The number of anilines is 2. The monoisotopic (exact) mass is 313 g/mol. The number of amides is 1. The fraction of sp³-hybridized carbons (Fsp3) is 0.133. The van der Waals surface area contributed by atoms with Gasteiger partial charge in [0.2, 0.25) is 0 Å². The number of carbonyl (C=O) groups excluding carboxylic acids is 1. The SMILES string of the molecule is COc1cc(Nc2cn3cncc(C(N)=O)c3n2)cc(OC)c1. The predicted octanol–water partition coefficient (Wildman–Crippen LogP) is 1.59. The molecule has 0 aliphatic carbocycles. The van der Waals surface area contributed by atoms with Crippen molar-refractivity contribution < 1.29 is 14.3 Å². The van der Waals surface area contributed by atoms with Crippen molar-refractivity contribution in [3.8, 4) is 11.5 Å². The first-order valence-electron chi connectivity index (χ1n) is 6.73. The maximum atomic E-state index is 11.4. The zero-order valence-electron chi connectivity index (χ0n) is 12.6. The number of ether oxygens (including phenoxy) is 2. The van der Waals surface area contributed by atoms with E-state index in [9.17, 15) is 4.79 Å². The van der Waals surface area contributed by atoms with Crippen LogP contribution in [0.2, 0.25) is 0 Å². The molecule has 0 radical (unpaired) electrons. The van der Waals surface area contributed by atoms with Crippen LogP contribution in [-0.2, 0) is 0 Å². The molecule has 0 saturated heterocycles. The van der Waals surface area contributed by atoms with Crippen LogP contribution in [0.1, 0.15) is 10.4 Å². The number of imidazole rings is 1. The quantitative estimate of drug-likeness (QED) is 0.741. The molecule has 0 aliphatic rings. The third-order valence-electron chi connectivity index (χ3n) is 3.26. The number of methoxy groups -OCH3 is 2. The van der Waals surface area contributed by atoms with E-state index in [1.165, 1.54) is 6.20 Å². The zero-order valence-corrected chi connectivity index (χ0v) is 12.6. The van der Waals surface area contributed by atoms with Crippen LogP contribution >= 0.6 is 0 Å². The van der Waals surface area contributed by atoms with E-state index < -0.39 is 5.91 Å². The van der Waals surface area contributed by atoms with Crippen LogP contribution in [0.3, 0.4) is 0 Å². The van der Waals surface area contributed by atoms with Crippen LogP contribution in [-0.4, -0.2) is 34.5 Å². The van der Waals surface area contributed by atoms with Gasteiger partial charge in [0.25, 0.3) is 5.91 Å². The maximum absolute atomic E-state index is 11.4. The lowest BCUT2D eigenvalue weighted by Crippen LogP contribution is -2.13. The van der Waals surface area contributed by atoms with Crippen LogP contribution < -0.4 is 20.5 Å². The largest absolute Gasteiger partial charge is 0.497 e. The molecule has 2 aromatic heterocycles. The summed E-state index contributed by atoms with van der Waals surface area (Å²) >= 11 is 0. The van der Waals surface area contributed by atoms with Crippen molar-refractivity contribution in [2.24, 2.45) is 5.73 Å². The molecule has 23 heavy (non-hydrogen) atoms. The fourth-order valence-corrected chi connectivity index (χ4v) is 2.18. The first kappa shape index (κ1) is 14.6. The normalized spacial score (nSPS) is 10.5. The second kappa shape index (κ2) is 5.84. The van der Waals surface area contributed by atoms with Crippen LogP contribution in [0, 0.1) is 0 Å².